The molecular weight excluding hydrogens is 266 g/mol. The molecule has 1 heterocycles. The summed E-state index contributed by atoms with van der Waals surface area (Å²) in [5.41, 5.74) is 2.20. The fraction of sp³-hybridized carbons (Fsp3) is 0.529. The van der Waals surface area contributed by atoms with Gasteiger partial charge >= 0.3 is 0 Å². The molecule has 0 bridgehead atoms. The van der Waals surface area contributed by atoms with Gasteiger partial charge < -0.3 is 14.9 Å². The Bertz CT molecular complexity index is 489. The minimum atomic E-state index is -0.0858. The summed E-state index contributed by atoms with van der Waals surface area (Å²) in [5.74, 6) is 5.94. The molecule has 114 valence electrons. The van der Waals surface area contributed by atoms with E-state index in [0.717, 1.165) is 25.2 Å². The van der Waals surface area contributed by atoms with E-state index < -0.39 is 0 Å². The van der Waals surface area contributed by atoms with Crippen molar-refractivity contribution in [3.63, 3.8) is 0 Å². The van der Waals surface area contributed by atoms with E-state index in [1.165, 1.54) is 5.56 Å². The number of aliphatic hydroxyl groups is 2. The molecule has 0 saturated carbocycles. The van der Waals surface area contributed by atoms with Crippen LogP contribution >= 0.6 is 0 Å². The van der Waals surface area contributed by atoms with E-state index in [-0.39, 0.29) is 25.4 Å². The summed E-state index contributed by atoms with van der Waals surface area (Å²) >= 11 is 0. The summed E-state index contributed by atoms with van der Waals surface area (Å²) in [5, 5.41) is 17.9. The summed E-state index contributed by atoms with van der Waals surface area (Å²) in [6.07, 6.45) is 0.576. The Labute approximate surface area is 126 Å². The van der Waals surface area contributed by atoms with E-state index in [4.69, 9.17) is 9.84 Å². The van der Waals surface area contributed by atoms with E-state index in [0.29, 0.717) is 6.42 Å². The van der Waals surface area contributed by atoms with Gasteiger partial charge in [0, 0.05) is 31.6 Å². The molecular formula is C17H23NO3. The highest BCUT2D eigenvalue weighted by Crippen LogP contribution is 2.14. The molecule has 21 heavy (non-hydrogen) atoms. The highest BCUT2D eigenvalue weighted by Gasteiger charge is 2.24. The normalized spacial score (nSPS) is 22.6. The van der Waals surface area contributed by atoms with Gasteiger partial charge in [-0.2, -0.15) is 0 Å². The Hall–Kier alpha value is -1.38. The minimum Gasteiger partial charge on any atom is -0.395 e. The molecule has 4 heteroatoms. The second kappa shape index (κ2) is 8.16. The summed E-state index contributed by atoms with van der Waals surface area (Å²) < 4.78 is 5.65. The van der Waals surface area contributed by atoms with Gasteiger partial charge in [-0.15, -0.1) is 0 Å². The van der Waals surface area contributed by atoms with Gasteiger partial charge in [0.05, 0.1) is 25.4 Å². The maximum atomic E-state index is 9.25. The van der Waals surface area contributed by atoms with Crippen LogP contribution in [0, 0.1) is 11.8 Å². The summed E-state index contributed by atoms with van der Waals surface area (Å²) in [6.45, 7) is 4.71. The van der Waals surface area contributed by atoms with Crippen molar-refractivity contribution >= 4 is 0 Å². The fourth-order valence-electron chi connectivity index (χ4n) is 2.54. The van der Waals surface area contributed by atoms with E-state index in [9.17, 15) is 5.11 Å². The number of ether oxygens (including phenoxy) is 1. The average Bonchev–Trinajstić information content (AvgIpc) is 2.48. The van der Waals surface area contributed by atoms with Crippen LogP contribution in [0.15, 0.2) is 24.3 Å². The van der Waals surface area contributed by atoms with Gasteiger partial charge in [-0.1, -0.05) is 24.0 Å². The van der Waals surface area contributed by atoms with Crippen LogP contribution in [0.5, 0.6) is 0 Å². The third-order valence-electron chi connectivity index (χ3n) is 3.44. The van der Waals surface area contributed by atoms with Crippen LogP contribution in [-0.2, 0) is 11.3 Å². The molecule has 2 atom stereocenters. The molecule has 4 nitrogen and oxygen atoms in total. The molecule has 1 aliphatic heterocycles. The number of hydrogen-bond acceptors (Lipinski definition) is 4. The number of rotatable bonds is 4. The number of aliphatic hydroxyl groups excluding tert-OH is 2. The molecule has 2 unspecified atom stereocenters. The van der Waals surface area contributed by atoms with Crippen LogP contribution in [-0.4, -0.2) is 53.6 Å². The van der Waals surface area contributed by atoms with Crippen molar-refractivity contribution in [1.82, 2.24) is 4.90 Å². The standard InChI is InChI=1S/C17H23NO3/c1-14-10-18(12-17(13-20)21-14)11-16-7-5-15(6-8-16)4-2-3-9-19/h5-8,14,17,19-20H,3,9-13H2,1H3. The Morgan fingerprint density at radius 1 is 1.24 bits per heavy atom. The summed E-state index contributed by atoms with van der Waals surface area (Å²) in [4.78, 5) is 2.31. The smallest absolute Gasteiger partial charge is 0.0936 e. The van der Waals surface area contributed by atoms with Crippen LogP contribution in [0.2, 0.25) is 0 Å². The third kappa shape index (κ3) is 5.14. The summed E-state index contributed by atoms with van der Waals surface area (Å²) in [7, 11) is 0. The predicted molar refractivity (Wildman–Crippen MR) is 81.7 cm³/mol. The molecule has 0 aromatic heterocycles. The van der Waals surface area contributed by atoms with Gasteiger partial charge in [0.2, 0.25) is 0 Å². The molecule has 0 amide bonds. The van der Waals surface area contributed by atoms with Crippen molar-refractivity contribution in [1.29, 1.82) is 0 Å². The Morgan fingerprint density at radius 3 is 2.67 bits per heavy atom. The van der Waals surface area contributed by atoms with Gasteiger partial charge in [0.15, 0.2) is 0 Å². The molecule has 2 rings (SSSR count). The lowest BCUT2D eigenvalue weighted by Gasteiger charge is -2.36. The van der Waals surface area contributed by atoms with Crippen molar-refractivity contribution < 1.29 is 14.9 Å². The molecule has 1 saturated heterocycles. The number of nitrogens with zero attached hydrogens (tertiary/aromatic N) is 1. The van der Waals surface area contributed by atoms with E-state index in [2.05, 4.69) is 28.9 Å². The first-order valence-electron chi connectivity index (χ1n) is 7.38. The number of morpholine rings is 1. The van der Waals surface area contributed by atoms with Gasteiger partial charge in [0.1, 0.15) is 0 Å². The fourth-order valence-corrected chi connectivity index (χ4v) is 2.54. The van der Waals surface area contributed by atoms with E-state index >= 15 is 0 Å². The first-order valence-corrected chi connectivity index (χ1v) is 7.38. The monoisotopic (exact) mass is 289 g/mol. The first-order chi connectivity index (χ1) is 10.2. The van der Waals surface area contributed by atoms with Gasteiger partial charge in [-0.3, -0.25) is 4.90 Å². The zero-order valence-electron chi connectivity index (χ0n) is 12.5. The third-order valence-corrected chi connectivity index (χ3v) is 3.44. The maximum Gasteiger partial charge on any atom is 0.0936 e. The Morgan fingerprint density at radius 2 is 2.00 bits per heavy atom. The Kier molecular flexibility index (Phi) is 6.21. The zero-order chi connectivity index (χ0) is 15.1. The average molecular weight is 289 g/mol. The minimum absolute atomic E-state index is 0.0697. The Balaban J connectivity index is 1.92. The van der Waals surface area contributed by atoms with Crippen LogP contribution in [0.25, 0.3) is 0 Å². The molecule has 0 radical (unpaired) electrons. The molecule has 1 aromatic carbocycles. The van der Waals surface area contributed by atoms with Crippen molar-refractivity contribution in [3.8, 4) is 11.8 Å². The summed E-state index contributed by atoms with van der Waals surface area (Å²) in [6, 6.07) is 8.17. The topological polar surface area (TPSA) is 52.9 Å². The van der Waals surface area contributed by atoms with E-state index in [1.54, 1.807) is 0 Å². The largest absolute Gasteiger partial charge is 0.395 e. The van der Waals surface area contributed by atoms with Gasteiger partial charge in [-0.05, 0) is 24.6 Å². The molecule has 2 N–H and O–H groups in total. The molecule has 0 spiro atoms. The molecule has 1 aliphatic rings. The molecule has 1 fully saturated rings. The zero-order valence-corrected chi connectivity index (χ0v) is 12.5. The quantitative estimate of drug-likeness (QED) is 0.812. The first kappa shape index (κ1) is 16.0. The lowest BCUT2D eigenvalue weighted by molar-refractivity contribution is -0.0972. The molecule has 0 aliphatic carbocycles. The van der Waals surface area contributed by atoms with Crippen molar-refractivity contribution in [2.24, 2.45) is 0 Å². The molecule has 1 aromatic rings. The highest BCUT2D eigenvalue weighted by molar-refractivity contribution is 5.36. The van der Waals surface area contributed by atoms with Crippen LogP contribution in [0.4, 0.5) is 0 Å². The second-order valence-electron chi connectivity index (χ2n) is 5.42. The number of hydrogen-bond donors (Lipinski definition) is 2. The van der Waals surface area contributed by atoms with E-state index in [1.807, 2.05) is 19.1 Å². The number of benzene rings is 1. The van der Waals surface area contributed by atoms with Gasteiger partial charge in [0.25, 0.3) is 0 Å². The predicted octanol–water partition coefficient (Wildman–Crippen LogP) is 1.00. The van der Waals surface area contributed by atoms with Gasteiger partial charge in [-0.25, -0.2) is 0 Å². The van der Waals surface area contributed by atoms with Crippen LogP contribution < -0.4 is 0 Å². The van der Waals surface area contributed by atoms with Crippen LogP contribution in [0.3, 0.4) is 0 Å². The maximum absolute atomic E-state index is 9.25. The lowest BCUT2D eigenvalue weighted by atomic mass is 10.1. The second-order valence-corrected chi connectivity index (χ2v) is 5.42. The van der Waals surface area contributed by atoms with Crippen molar-refractivity contribution in [3.05, 3.63) is 35.4 Å². The van der Waals surface area contributed by atoms with Crippen molar-refractivity contribution in [2.45, 2.75) is 32.1 Å². The highest BCUT2D eigenvalue weighted by atomic mass is 16.5. The van der Waals surface area contributed by atoms with Crippen LogP contribution in [0.1, 0.15) is 24.5 Å². The lowest BCUT2D eigenvalue weighted by Crippen LogP contribution is -2.47. The van der Waals surface area contributed by atoms with Crippen molar-refractivity contribution in [2.75, 3.05) is 26.3 Å². The SMILES string of the molecule is CC1CN(Cc2ccc(C#CCCO)cc2)CC(CO)O1.